The average molecular weight is 240 g/mol. The van der Waals surface area contributed by atoms with Gasteiger partial charge in [-0.15, -0.1) is 24.8 Å². The first-order valence-corrected chi connectivity index (χ1v) is 4.63. The highest BCUT2D eigenvalue weighted by atomic mass is 35.5. The summed E-state index contributed by atoms with van der Waals surface area (Å²) < 4.78 is 0. The molecule has 1 heterocycles. The summed E-state index contributed by atoms with van der Waals surface area (Å²) in [7, 11) is 0. The smallest absolute Gasteiger partial charge is 0.252 e. The first-order chi connectivity index (χ1) is 5.36. The van der Waals surface area contributed by atoms with E-state index in [9.17, 15) is 4.79 Å². The van der Waals surface area contributed by atoms with Crippen LogP contribution in [0.5, 0.6) is 0 Å². The molecule has 0 aromatic carbocycles. The van der Waals surface area contributed by atoms with Crippen LogP contribution >= 0.6 is 36.2 Å². The second kappa shape index (κ2) is 5.47. The van der Waals surface area contributed by atoms with Crippen molar-refractivity contribution in [2.75, 3.05) is 0 Å². The van der Waals surface area contributed by atoms with Gasteiger partial charge in [0.05, 0.1) is 0 Å². The van der Waals surface area contributed by atoms with Crippen molar-refractivity contribution >= 4 is 42.1 Å². The predicted octanol–water partition coefficient (Wildman–Crippen LogP) is 2.48. The van der Waals surface area contributed by atoms with Crippen LogP contribution in [0.15, 0.2) is 16.8 Å². The summed E-state index contributed by atoms with van der Waals surface area (Å²) in [6.45, 7) is 0. The Morgan fingerprint density at radius 3 is 2.62 bits per heavy atom. The summed E-state index contributed by atoms with van der Waals surface area (Å²) >= 11 is 1.55. The maximum atomic E-state index is 11.3. The first-order valence-electron chi connectivity index (χ1n) is 3.69. The van der Waals surface area contributed by atoms with Crippen molar-refractivity contribution < 1.29 is 4.79 Å². The number of hydrogen-bond donors (Lipinski definition) is 1. The Kier molecular flexibility index (Phi) is 5.37. The number of carbonyl (C=O) groups is 1. The molecule has 0 atom stereocenters. The maximum Gasteiger partial charge on any atom is 0.252 e. The molecule has 5 heteroatoms. The minimum atomic E-state index is 0. The van der Waals surface area contributed by atoms with E-state index >= 15 is 0 Å². The molecule has 1 aromatic rings. The van der Waals surface area contributed by atoms with Crippen molar-refractivity contribution in [3.05, 3.63) is 22.4 Å². The van der Waals surface area contributed by atoms with E-state index in [1.807, 2.05) is 16.8 Å². The zero-order chi connectivity index (χ0) is 7.68. The van der Waals surface area contributed by atoms with E-state index < -0.39 is 0 Å². The van der Waals surface area contributed by atoms with Gasteiger partial charge in [0, 0.05) is 17.0 Å². The van der Waals surface area contributed by atoms with Crippen LogP contribution in [0.1, 0.15) is 23.2 Å². The molecule has 0 spiro atoms. The fourth-order valence-corrected chi connectivity index (χ4v) is 1.53. The highest BCUT2D eigenvalue weighted by molar-refractivity contribution is 7.08. The lowest BCUT2D eigenvalue weighted by atomic mass is 10.3. The van der Waals surface area contributed by atoms with Crippen molar-refractivity contribution in [2.24, 2.45) is 0 Å². The van der Waals surface area contributed by atoms with Gasteiger partial charge >= 0.3 is 0 Å². The zero-order valence-corrected chi connectivity index (χ0v) is 9.31. The molecule has 0 aliphatic heterocycles. The minimum Gasteiger partial charge on any atom is -0.349 e. The number of carbonyl (C=O) groups excluding carboxylic acids is 1. The van der Waals surface area contributed by atoms with Crippen LogP contribution in [0.2, 0.25) is 0 Å². The largest absolute Gasteiger partial charge is 0.349 e. The lowest BCUT2D eigenvalue weighted by molar-refractivity contribution is 0.0951. The van der Waals surface area contributed by atoms with E-state index in [4.69, 9.17) is 0 Å². The van der Waals surface area contributed by atoms with E-state index in [-0.39, 0.29) is 30.7 Å². The van der Waals surface area contributed by atoms with Crippen LogP contribution in [0, 0.1) is 0 Å². The van der Waals surface area contributed by atoms with Crippen molar-refractivity contribution in [3.63, 3.8) is 0 Å². The summed E-state index contributed by atoms with van der Waals surface area (Å²) in [5.41, 5.74) is 0.793. The van der Waals surface area contributed by atoms with E-state index in [0.29, 0.717) is 6.04 Å². The molecule has 1 fully saturated rings. The monoisotopic (exact) mass is 239 g/mol. The van der Waals surface area contributed by atoms with Gasteiger partial charge in [0.25, 0.3) is 5.91 Å². The molecule has 1 amide bonds. The van der Waals surface area contributed by atoms with Crippen LogP contribution in [0.4, 0.5) is 0 Å². The Morgan fingerprint density at radius 2 is 2.15 bits per heavy atom. The molecule has 0 saturated heterocycles. The second-order valence-electron chi connectivity index (χ2n) is 2.76. The zero-order valence-electron chi connectivity index (χ0n) is 6.86. The summed E-state index contributed by atoms with van der Waals surface area (Å²) in [6, 6.07) is 2.31. The van der Waals surface area contributed by atoms with E-state index in [2.05, 4.69) is 5.32 Å². The van der Waals surface area contributed by atoms with E-state index in [0.717, 1.165) is 18.4 Å². The fourth-order valence-electron chi connectivity index (χ4n) is 0.890. The van der Waals surface area contributed by atoms with Gasteiger partial charge in [0.15, 0.2) is 0 Å². The number of amides is 1. The summed E-state index contributed by atoms with van der Waals surface area (Å²) in [4.78, 5) is 11.3. The highest BCUT2D eigenvalue weighted by Gasteiger charge is 2.23. The topological polar surface area (TPSA) is 29.1 Å². The summed E-state index contributed by atoms with van der Waals surface area (Å²) in [6.07, 6.45) is 2.30. The third kappa shape index (κ3) is 3.55. The minimum absolute atomic E-state index is 0. The molecule has 0 bridgehead atoms. The van der Waals surface area contributed by atoms with Crippen LogP contribution in [-0.4, -0.2) is 11.9 Å². The molecule has 2 rings (SSSR count). The SMILES string of the molecule is Cl.Cl.O=C(NC1CC1)c1ccsc1. The lowest BCUT2D eigenvalue weighted by Gasteiger charge is -1.98. The van der Waals surface area contributed by atoms with Gasteiger partial charge in [-0.25, -0.2) is 0 Å². The molecule has 0 radical (unpaired) electrons. The van der Waals surface area contributed by atoms with Gasteiger partial charge in [0.1, 0.15) is 0 Å². The second-order valence-corrected chi connectivity index (χ2v) is 3.54. The number of rotatable bonds is 2. The Balaban J connectivity index is 0.000000720. The lowest BCUT2D eigenvalue weighted by Crippen LogP contribution is -2.24. The average Bonchev–Trinajstić information content (AvgIpc) is 2.67. The van der Waals surface area contributed by atoms with Gasteiger partial charge in [-0.1, -0.05) is 0 Å². The van der Waals surface area contributed by atoms with Gasteiger partial charge in [-0.3, -0.25) is 4.79 Å². The van der Waals surface area contributed by atoms with Crippen molar-refractivity contribution in [1.29, 1.82) is 0 Å². The molecular formula is C8H11Cl2NOS. The Labute approximate surface area is 93.5 Å². The van der Waals surface area contributed by atoms with E-state index in [1.165, 1.54) is 0 Å². The standard InChI is InChI=1S/C8H9NOS.2ClH/c10-8(9-7-1-2-7)6-3-4-11-5-6;;/h3-5,7H,1-2H2,(H,9,10);2*1H. The summed E-state index contributed by atoms with van der Waals surface area (Å²) in [5.74, 6) is 0.0775. The first kappa shape index (κ1) is 12.8. The normalized spacial score (nSPS) is 13.8. The molecule has 13 heavy (non-hydrogen) atoms. The molecule has 0 unspecified atom stereocenters. The van der Waals surface area contributed by atoms with Crippen molar-refractivity contribution in [1.82, 2.24) is 5.32 Å². The molecule has 1 saturated carbocycles. The highest BCUT2D eigenvalue weighted by Crippen LogP contribution is 2.19. The number of hydrogen-bond acceptors (Lipinski definition) is 2. The molecule has 74 valence electrons. The number of thiophene rings is 1. The van der Waals surface area contributed by atoms with E-state index in [1.54, 1.807) is 11.3 Å². The fraction of sp³-hybridized carbons (Fsp3) is 0.375. The molecule has 2 nitrogen and oxygen atoms in total. The van der Waals surface area contributed by atoms with Crippen LogP contribution in [-0.2, 0) is 0 Å². The number of nitrogens with one attached hydrogen (secondary N) is 1. The third-order valence-electron chi connectivity index (χ3n) is 1.70. The number of halogens is 2. The van der Waals surface area contributed by atoms with Crippen molar-refractivity contribution in [2.45, 2.75) is 18.9 Å². The van der Waals surface area contributed by atoms with Crippen LogP contribution in [0.25, 0.3) is 0 Å². The molecular weight excluding hydrogens is 229 g/mol. The van der Waals surface area contributed by atoms with Gasteiger partial charge in [-0.05, 0) is 24.3 Å². The van der Waals surface area contributed by atoms with Crippen molar-refractivity contribution in [3.8, 4) is 0 Å². The Morgan fingerprint density at radius 1 is 1.46 bits per heavy atom. The predicted molar refractivity (Wildman–Crippen MR) is 59.3 cm³/mol. The van der Waals surface area contributed by atoms with Crippen LogP contribution in [0.3, 0.4) is 0 Å². The molecule has 1 aromatic heterocycles. The Hall–Kier alpha value is -0.250. The molecule has 1 N–H and O–H groups in total. The van der Waals surface area contributed by atoms with Gasteiger partial charge in [0.2, 0.25) is 0 Å². The van der Waals surface area contributed by atoms with Gasteiger partial charge < -0.3 is 5.32 Å². The molecule has 1 aliphatic rings. The Bertz CT molecular complexity index is 259. The quantitative estimate of drug-likeness (QED) is 0.845. The summed E-state index contributed by atoms with van der Waals surface area (Å²) in [5, 5.41) is 6.72. The third-order valence-corrected chi connectivity index (χ3v) is 2.38. The van der Waals surface area contributed by atoms with Crippen LogP contribution < -0.4 is 5.32 Å². The molecule has 1 aliphatic carbocycles. The maximum absolute atomic E-state index is 11.3. The van der Waals surface area contributed by atoms with Gasteiger partial charge in [-0.2, -0.15) is 11.3 Å².